The maximum Gasteiger partial charge on any atom is 0.261 e. The van der Waals surface area contributed by atoms with Crippen LogP contribution in [0.15, 0.2) is 91.0 Å². The van der Waals surface area contributed by atoms with E-state index in [2.05, 4.69) is 207 Å². The number of hydrogen-bond donors (Lipinski definition) is 0. The lowest BCUT2D eigenvalue weighted by Gasteiger charge is -2.51. The fourth-order valence-electron chi connectivity index (χ4n) is 13.4. The number of ether oxygens (including phenoxy) is 6. The molecule has 9 nitrogen and oxygen atoms in total. The molecule has 0 aliphatic carbocycles. The normalized spacial score (nSPS) is 33.1. The minimum Gasteiger partial charge on any atom is -0.411 e. The molecular formula is C66H106O9SSi3. The van der Waals surface area contributed by atoms with Crippen molar-refractivity contribution in [1.82, 2.24) is 0 Å². The van der Waals surface area contributed by atoms with Gasteiger partial charge in [0, 0.05) is 26.1 Å². The number of benzene rings is 3. The Morgan fingerprint density at radius 1 is 0.633 bits per heavy atom. The molecule has 13 heteroatoms. The summed E-state index contributed by atoms with van der Waals surface area (Å²) >= 11 is 1.92. The van der Waals surface area contributed by atoms with Gasteiger partial charge in [0.1, 0.15) is 11.0 Å². The number of rotatable bonds is 19. The SMILES string of the molecule is CCS[C@@]12CC[C@@H]3O[C@H](CCCOCc4ccccc4)[C@](C)(O[Si](C)(C)C(C)(C)C)CC[C@H]3O[C@H]1C[C@H]1O[C@H]3C[C@H](C)[C@H](CCCO[Si](c4ccccc4)(c4ccccc4)C(C)(C)C)O[C@]3(C)C[C@H](O[Si](C)(C)C(C)(C)C)[C@@H]1O2. The van der Waals surface area contributed by atoms with Crippen LogP contribution in [-0.2, 0) is 48.3 Å². The van der Waals surface area contributed by atoms with Crippen LogP contribution >= 0.6 is 11.8 Å². The van der Waals surface area contributed by atoms with E-state index in [1.807, 2.05) is 11.8 Å². The van der Waals surface area contributed by atoms with Gasteiger partial charge in [0.15, 0.2) is 16.6 Å². The molecule has 0 radical (unpaired) electrons. The van der Waals surface area contributed by atoms with E-state index in [0.29, 0.717) is 32.2 Å². The zero-order valence-electron chi connectivity index (χ0n) is 52.1. The van der Waals surface area contributed by atoms with E-state index in [4.69, 9.17) is 41.7 Å². The molecule has 79 heavy (non-hydrogen) atoms. The summed E-state index contributed by atoms with van der Waals surface area (Å²) in [6.07, 6.45) is 8.11. The van der Waals surface area contributed by atoms with E-state index in [9.17, 15) is 0 Å². The van der Waals surface area contributed by atoms with Gasteiger partial charge in [-0.1, -0.05) is 167 Å². The van der Waals surface area contributed by atoms with Crippen molar-refractivity contribution < 1.29 is 41.7 Å². The topological polar surface area (TPSA) is 83.1 Å². The van der Waals surface area contributed by atoms with E-state index < -0.39 is 41.1 Å². The Morgan fingerprint density at radius 3 is 1.80 bits per heavy atom. The Balaban J connectivity index is 1.03. The Morgan fingerprint density at radius 2 is 1.20 bits per heavy atom. The smallest absolute Gasteiger partial charge is 0.261 e. The number of thioether (sulfide) groups is 1. The van der Waals surface area contributed by atoms with Gasteiger partial charge in [0.05, 0.1) is 66.6 Å². The summed E-state index contributed by atoms with van der Waals surface area (Å²) in [7, 11) is -7.17. The molecule has 0 spiro atoms. The van der Waals surface area contributed by atoms with E-state index in [1.165, 1.54) is 15.9 Å². The maximum absolute atomic E-state index is 7.86. The predicted molar refractivity (Wildman–Crippen MR) is 333 cm³/mol. The summed E-state index contributed by atoms with van der Waals surface area (Å²) in [6, 6.07) is 32.5. The van der Waals surface area contributed by atoms with Crippen LogP contribution < -0.4 is 10.4 Å². The Labute approximate surface area is 487 Å². The summed E-state index contributed by atoms with van der Waals surface area (Å²) in [6.45, 7) is 42.0. The molecule has 0 saturated carbocycles. The largest absolute Gasteiger partial charge is 0.411 e. The minimum absolute atomic E-state index is 0.00289. The van der Waals surface area contributed by atoms with Gasteiger partial charge < -0.3 is 41.7 Å². The van der Waals surface area contributed by atoms with Gasteiger partial charge in [-0.05, 0) is 141 Å². The quantitative estimate of drug-likeness (QED) is 0.0855. The molecule has 5 aliphatic rings. The molecule has 5 saturated heterocycles. The van der Waals surface area contributed by atoms with Gasteiger partial charge in [-0.2, -0.15) is 0 Å². The molecule has 13 atom stereocenters. The summed E-state index contributed by atoms with van der Waals surface area (Å²) in [4.78, 5) is -0.580. The first kappa shape index (κ1) is 63.3. The lowest BCUT2D eigenvalue weighted by atomic mass is 9.80. The number of hydrogen-bond acceptors (Lipinski definition) is 10. The molecule has 8 rings (SSSR count). The van der Waals surface area contributed by atoms with Gasteiger partial charge in [-0.3, -0.25) is 0 Å². The van der Waals surface area contributed by atoms with Crippen molar-refractivity contribution in [2.24, 2.45) is 5.92 Å². The lowest BCUT2D eigenvalue weighted by Crippen LogP contribution is -2.66. The highest BCUT2D eigenvalue weighted by atomic mass is 32.2. The van der Waals surface area contributed by atoms with Crippen molar-refractivity contribution in [3.8, 4) is 0 Å². The van der Waals surface area contributed by atoms with Crippen molar-refractivity contribution in [2.45, 2.75) is 280 Å². The molecule has 5 aliphatic heterocycles. The first-order valence-corrected chi connectivity index (χ1v) is 39.5. The van der Waals surface area contributed by atoms with E-state index in [-0.39, 0.29) is 70.1 Å². The lowest BCUT2D eigenvalue weighted by molar-refractivity contribution is -0.255. The van der Waals surface area contributed by atoms with Crippen LogP contribution in [0.1, 0.15) is 166 Å². The van der Waals surface area contributed by atoms with Crippen LogP contribution in [0.2, 0.25) is 41.3 Å². The van der Waals surface area contributed by atoms with Crippen LogP contribution in [-0.4, -0.2) is 115 Å². The van der Waals surface area contributed by atoms with Crippen molar-refractivity contribution in [3.05, 3.63) is 96.6 Å². The molecule has 0 bridgehead atoms. The highest BCUT2D eigenvalue weighted by Gasteiger charge is 2.62. The second kappa shape index (κ2) is 25.1. The van der Waals surface area contributed by atoms with Gasteiger partial charge in [0.2, 0.25) is 0 Å². The van der Waals surface area contributed by atoms with Crippen molar-refractivity contribution in [3.63, 3.8) is 0 Å². The van der Waals surface area contributed by atoms with Crippen LogP contribution in [0.25, 0.3) is 0 Å². The first-order valence-electron chi connectivity index (χ1n) is 30.8. The van der Waals surface area contributed by atoms with Crippen molar-refractivity contribution in [1.29, 1.82) is 0 Å². The predicted octanol–water partition coefficient (Wildman–Crippen LogP) is 15.2. The van der Waals surface area contributed by atoms with Crippen LogP contribution in [0.3, 0.4) is 0 Å². The summed E-state index contributed by atoms with van der Waals surface area (Å²) in [5, 5.41) is 2.62. The maximum atomic E-state index is 7.86. The summed E-state index contributed by atoms with van der Waals surface area (Å²) in [5.41, 5.74) is 0.160. The molecule has 442 valence electrons. The zero-order valence-corrected chi connectivity index (χ0v) is 55.9. The average molecular weight is 1160 g/mol. The third-order valence-corrected chi connectivity index (χ3v) is 35.4. The summed E-state index contributed by atoms with van der Waals surface area (Å²) in [5.74, 6) is 1.21. The third kappa shape index (κ3) is 14.0. The van der Waals surface area contributed by atoms with E-state index in [1.54, 1.807) is 0 Å². The van der Waals surface area contributed by atoms with Gasteiger partial charge in [-0.25, -0.2) is 0 Å². The van der Waals surface area contributed by atoms with Gasteiger partial charge in [0.25, 0.3) is 8.32 Å². The Kier molecular flexibility index (Phi) is 20.1. The first-order chi connectivity index (χ1) is 37.1. The number of fused-ring (bicyclic) bond motifs is 4. The average Bonchev–Trinajstić information content (AvgIpc) is 3.91. The van der Waals surface area contributed by atoms with Crippen LogP contribution in [0.4, 0.5) is 0 Å². The molecule has 0 unspecified atom stereocenters. The fourth-order valence-corrected chi connectivity index (χ4v) is 22.3. The van der Waals surface area contributed by atoms with Gasteiger partial charge >= 0.3 is 0 Å². The van der Waals surface area contributed by atoms with E-state index >= 15 is 0 Å². The fraction of sp³-hybridized carbons (Fsp3) is 0.727. The minimum atomic E-state index is -2.67. The van der Waals surface area contributed by atoms with E-state index in [0.717, 1.165) is 70.0 Å². The van der Waals surface area contributed by atoms with Crippen molar-refractivity contribution >= 4 is 47.1 Å². The monoisotopic (exact) mass is 1160 g/mol. The molecule has 3 aromatic carbocycles. The standard InChI is InChI=1S/C66H106O9SSi3/c1-18-76-66-41-39-54-53(38-40-64(12,75-78(16,17)62(6,7)8)57(69-54)37-29-42-67-47-49-30-22-19-23-31-49)70-59(66)45-55-60(73-66)56(74-77(14,15)61(3,4)5)46-65(13)58(71-55)44-48(2)52(72-65)36-28-43-68-79(63(9,10)11,50-32-24-20-25-33-50)51-34-26-21-27-35-51/h19-27,30-35,48,52-60H,18,28-29,36-47H2,1-17H3/t48-,52-,53+,54-,55+,56-,57+,58-,59-,60+,64+,65+,66-/m0/s1. The zero-order chi connectivity index (χ0) is 57.3. The molecule has 3 aromatic rings. The molecule has 0 N–H and O–H groups in total. The highest BCUT2D eigenvalue weighted by molar-refractivity contribution is 8.00. The molecule has 5 fully saturated rings. The van der Waals surface area contributed by atoms with Crippen LogP contribution in [0.5, 0.6) is 0 Å². The summed E-state index contributed by atoms with van der Waals surface area (Å²) < 4.78 is 67.0. The molecule has 5 heterocycles. The Hall–Kier alpha value is -1.70. The van der Waals surface area contributed by atoms with Crippen molar-refractivity contribution in [2.75, 3.05) is 19.0 Å². The third-order valence-electron chi connectivity index (χ3n) is 19.9. The molecule has 0 aromatic heterocycles. The van der Waals surface area contributed by atoms with Crippen LogP contribution in [0, 0.1) is 5.92 Å². The highest BCUT2D eigenvalue weighted by Crippen LogP contribution is 2.55. The molecular weight excluding hydrogens is 1050 g/mol. The Bertz CT molecular complexity index is 2340. The second-order valence-electron chi connectivity index (χ2n) is 28.9. The van der Waals surface area contributed by atoms with Gasteiger partial charge in [-0.15, -0.1) is 11.8 Å². The molecule has 0 amide bonds. The second-order valence-corrected chi connectivity index (χ2v) is 44.3.